The number of nitrogens with zero attached hydrogens (tertiary/aromatic N) is 2. The van der Waals surface area contributed by atoms with E-state index in [9.17, 15) is 22.8 Å². The molecule has 4 nitrogen and oxygen atoms in total. The number of ketones is 1. The maximum absolute atomic E-state index is 13.8. The fraction of sp³-hybridized carbons (Fsp3) is 0.435. The minimum atomic E-state index is -4.64. The van der Waals surface area contributed by atoms with Crippen molar-refractivity contribution in [1.82, 2.24) is 9.55 Å². The molecule has 3 aromatic rings. The summed E-state index contributed by atoms with van der Waals surface area (Å²) in [5.41, 5.74) is -1.36. The first-order valence-electron chi connectivity index (χ1n) is 10.4. The first kappa shape index (κ1) is 23.0. The maximum Gasteiger partial charge on any atom is 0.418 e. The zero-order valence-corrected chi connectivity index (χ0v) is 19.6. The van der Waals surface area contributed by atoms with Gasteiger partial charge in [0.2, 0.25) is 0 Å². The topological polar surface area (TPSA) is 52.0 Å². The van der Waals surface area contributed by atoms with E-state index in [2.05, 4.69) is 4.98 Å². The number of carbonyl (C=O) groups excluding carboxylic acids is 1. The molecule has 0 N–H and O–H groups in total. The molecule has 0 amide bonds. The van der Waals surface area contributed by atoms with Crippen LogP contribution in [-0.4, -0.2) is 21.1 Å². The summed E-state index contributed by atoms with van der Waals surface area (Å²) >= 11 is 2.45. The Labute approximate surface area is 191 Å². The zero-order valence-electron chi connectivity index (χ0n) is 18.0. The number of alkyl halides is 3. The van der Waals surface area contributed by atoms with E-state index in [-0.39, 0.29) is 22.4 Å². The Morgan fingerprint density at radius 1 is 1.16 bits per heavy atom. The van der Waals surface area contributed by atoms with Gasteiger partial charge in [0.25, 0.3) is 5.56 Å². The summed E-state index contributed by atoms with van der Waals surface area (Å²) in [5.74, 6) is -0.0567. The number of hydrogen-bond donors (Lipinski definition) is 0. The first-order chi connectivity index (χ1) is 15.0. The molecule has 0 radical (unpaired) electrons. The van der Waals surface area contributed by atoms with Gasteiger partial charge in [-0.25, -0.2) is 4.98 Å². The second kappa shape index (κ2) is 8.33. The Bertz CT molecular complexity index is 1250. The molecule has 1 aliphatic carbocycles. The van der Waals surface area contributed by atoms with Gasteiger partial charge in [-0.1, -0.05) is 44.7 Å². The summed E-state index contributed by atoms with van der Waals surface area (Å²) in [4.78, 5) is 32.4. The summed E-state index contributed by atoms with van der Waals surface area (Å²) in [6.07, 6.45) is -1.11. The predicted octanol–water partition coefficient (Wildman–Crippen LogP) is 6.05. The van der Waals surface area contributed by atoms with Gasteiger partial charge < -0.3 is 0 Å². The van der Waals surface area contributed by atoms with Crippen molar-refractivity contribution in [3.63, 3.8) is 0 Å². The highest BCUT2D eigenvalue weighted by Crippen LogP contribution is 2.38. The molecular formula is C23H23F3N2O2S2. The Morgan fingerprint density at radius 3 is 2.53 bits per heavy atom. The molecule has 32 heavy (non-hydrogen) atoms. The normalized spacial score (nSPS) is 14.6. The van der Waals surface area contributed by atoms with Crippen molar-refractivity contribution in [2.45, 2.75) is 57.8 Å². The van der Waals surface area contributed by atoms with E-state index in [1.807, 2.05) is 0 Å². The molecule has 0 aliphatic heterocycles. The fourth-order valence-electron chi connectivity index (χ4n) is 3.75. The molecule has 0 atom stereocenters. The molecule has 0 saturated carbocycles. The predicted molar refractivity (Wildman–Crippen MR) is 122 cm³/mol. The van der Waals surface area contributed by atoms with Gasteiger partial charge in [-0.2, -0.15) is 13.2 Å². The van der Waals surface area contributed by atoms with Gasteiger partial charge in [-0.15, -0.1) is 11.3 Å². The average Bonchev–Trinajstić information content (AvgIpc) is 3.09. The Balaban J connectivity index is 1.96. The van der Waals surface area contributed by atoms with Crippen LogP contribution in [0.2, 0.25) is 0 Å². The van der Waals surface area contributed by atoms with Gasteiger partial charge in [0.05, 0.1) is 22.4 Å². The van der Waals surface area contributed by atoms with Crippen molar-refractivity contribution in [3.05, 3.63) is 50.6 Å². The third kappa shape index (κ3) is 4.24. The van der Waals surface area contributed by atoms with E-state index in [4.69, 9.17) is 0 Å². The number of aryl methyl sites for hydroxylation is 2. The van der Waals surface area contributed by atoms with Crippen molar-refractivity contribution >= 4 is 39.1 Å². The molecule has 4 rings (SSSR count). The quantitative estimate of drug-likeness (QED) is 0.337. The lowest BCUT2D eigenvalue weighted by atomic mass is 9.92. The molecule has 9 heteroatoms. The van der Waals surface area contributed by atoms with Gasteiger partial charge >= 0.3 is 6.18 Å². The minimum absolute atomic E-state index is 0.0146. The molecule has 2 aromatic heterocycles. The molecule has 0 unspecified atom stereocenters. The van der Waals surface area contributed by atoms with Crippen molar-refractivity contribution < 1.29 is 18.0 Å². The molecule has 0 fully saturated rings. The number of halogens is 3. The molecule has 1 aliphatic rings. The highest BCUT2D eigenvalue weighted by atomic mass is 32.2. The number of fused-ring (bicyclic) bond motifs is 3. The number of benzene rings is 1. The van der Waals surface area contributed by atoms with Crippen LogP contribution < -0.4 is 5.56 Å². The number of rotatable bonds is 4. The molecule has 1 aromatic carbocycles. The lowest BCUT2D eigenvalue weighted by Gasteiger charge is -2.19. The second-order valence-corrected chi connectivity index (χ2v) is 10.9. The average molecular weight is 481 g/mol. The summed E-state index contributed by atoms with van der Waals surface area (Å²) < 4.78 is 42.4. The van der Waals surface area contributed by atoms with E-state index in [1.54, 1.807) is 20.8 Å². The Kier molecular flexibility index (Phi) is 6.00. The SMILES string of the molecule is CC(C)(C)C(=O)CSc1nc2sc3c(c2c(=O)n1-c1ccccc1C(F)(F)F)CCCC3. The number of thiophene rings is 1. The van der Waals surface area contributed by atoms with E-state index in [0.717, 1.165) is 58.5 Å². The molecule has 170 valence electrons. The van der Waals surface area contributed by atoms with Crippen LogP contribution in [-0.2, 0) is 23.8 Å². The smallest absolute Gasteiger partial charge is 0.298 e. The van der Waals surface area contributed by atoms with Gasteiger partial charge in [0.15, 0.2) is 5.16 Å². The molecule has 0 spiro atoms. The van der Waals surface area contributed by atoms with Crippen LogP contribution in [0.25, 0.3) is 15.9 Å². The molecule has 0 saturated heterocycles. The van der Waals surface area contributed by atoms with E-state index in [0.29, 0.717) is 10.2 Å². The maximum atomic E-state index is 13.8. The molecular weight excluding hydrogens is 457 g/mol. The second-order valence-electron chi connectivity index (χ2n) is 8.90. The monoisotopic (exact) mass is 480 g/mol. The standard InChI is InChI=1S/C23H23F3N2O2S2/c1-22(2,3)17(29)12-31-21-27-19-18(13-8-4-7-11-16(13)32-19)20(30)28(21)15-10-6-5-9-14(15)23(24,25)26/h5-6,9-10H,4,7-8,11-12H2,1-3H3. The highest BCUT2D eigenvalue weighted by Gasteiger charge is 2.35. The summed E-state index contributed by atoms with van der Waals surface area (Å²) in [6.45, 7) is 5.35. The van der Waals surface area contributed by atoms with Crippen LogP contribution in [0.3, 0.4) is 0 Å². The lowest BCUT2D eigenvalue weighted by Crippen LogP contribution is -2.26. The van der Waals surface area contributed by atoms with Gasteiger partial charge in [-0.05, 0) is 43.4 Å². The number of aromatic nitrogens is 2. The van der Waals surface area contributed by atoms with Gasteiger partial charge in [0, 0.05) is 10.3 Å². The van der Waals surface area contributed by atoms with E-state index >= 15 is 0 Å². The van der Waals surface area contributed by atoms with Crippen LogP contribution in [0.1, 0.15) is 49.6 Å². The Morgan fingerprint density at radius 2 is 1.84 bits per heavy atom. The Hall–Kier alpha value is -2.13. The number of hydrogen-bond acceptors (Lipinski definition) is 5. The van der Waals surface area contributed by atoms with Crippen LogP contribution in [0.15, 0.2) is 34.2 Å². The van der Waals surface area contributed by atoms with Crippen molar-refractivity contribution in [2.24, 2.45) is 5.41 Å². The van der Waals surface area contributed by atoms with Crippen molar-refractivity contribution in [2.75, 3.05) is 5.75 Å². The summed E-state index contributed by atoms with van der Waals surface area (Å²) in [5, 5.41) is 0.517. The minimum Gasteiger partial charge on any atom is -0.298 e. The largest absolute Gasteiger partial charge is 0.418 e. The number of thioether (sulfide) groups is 1. The first-order valence-corrected chi connectivity index (χ1v) is 12.2. The lowest BCUT2D eigenvalue weighted by molar-refractivity contribution is -0.137. The number of Topliss-reactive ketones (excluding diaryl/α,β-unsaturated/α-hetero) is 1. The number of carbonyl (C=O) groups is 1. The third-order valence-corrected chi connectivity index (χ3v) is 7.70. The third-order valence-electron chi connectivity index (χ3n) is 5.58. The van der Waals surface area contributed by atoms with E-state index in [1.165, 1.54) is 29.5 Å². The molecule has 0 bridgehead atoms. The van der Waals surface area contributed by atoms with Crippen LogP contribution >= 0.6 is 23.1 Å². The van der Waals surface area contributed by atoms with Crippen LogP contribution in [0, 0.1) is 5.41 Å². The van der Waals surface area contributed by atoms with Crippen LogP contribution in [0.4, 0.5) is 13.2 Å². The number of para-hydroxylation sites is 1. The van der Waals surface area contributed by atoms with Gasteiger partial charge in [0.1, 0.15) is 10.6 Å². The van der Waals surface area contributed by atoms with Crippen molar-refractivity contribution in [3.8, 4) is 5.69 Å². The molecule has 2 heterocycles. The fourth-order valence-corrected chi connectivity index (χ4v) is 6.22. The van der Waals surface area contributed by atoms with Crippen molar-refractivity contribution in [1.29, 1.82) is 0 Å². The highest BCUT2D eigenvalue weighted by molar-refractivity contribution is 7.99. The summed E-state index contributed by atoms with van der Waals surface area (Å²) in [6, 6.07) is 5.01. The van der Waals surface area contributed by atoms with E-state index < -0.39 is 22.7 Å². The summed E-state index contributed by atoms with van der Waals surface area (Å²) in [7, 11) is 0. The van der Waals surface area contributed by atoms with Crippen LogP contribution in [0.5, 0.6) is 0 Å². The zero-order chi connectivity index (χ0) is 23.3. The van der Waals surface area contributed by atoms with Gasteiger partial charge in [-0.3, -0.25) is 14.2 Å².